The van der Waals surface area contributed by atoms with E-state index >= 15 is 0 Å². The molecule has 3 aromatic rings. The van der Waals surface area contributed by atoms with Gasteiger partial charge in [0.15, 0.2) is 9.84 Å². The second-order valence-electron chi connectivity index (χ2n) is 10.7. The highest BCUT2D eigenvalue weighted by Gasteiger charge is 2.23. The Hall–Kier alpha value is -2.41. The number of hydrogen-bond donors (Lipinski definition) is 1. The number of aryl methyl sites for hydroxylation is 1. The molecule has 0 amide bonds. The molecule has 0 bridgehead atoms. The molecule has 0 radical (unpaired) electrons. The smallest absolute Gasteiger partial charge is 0.178 e. The van der Waals surface area contributed by atoms with Crippen molar-refractivity contribution >= 4 is 20.9 Å². The lowest BCUT2D eigenvalue weighted by molar-refractivity contribution is 0.440. The molecule has 0 atom stereocenters. The number of nitrogens with zero attached hydrogens (tertiary/aromatic N) is 3. The number of fused-ring (bicyclic) bond motifs is 1. The molecule has 192 valence electrons. The Morgan fingerprint density at radius 3 is 2.09 bits per heavy atom. The van der Waals surface area contributed by atoms with Crippen molar-refractivity contribution < 1.29 is 13.5 Å². The van der Waals surface area contributed by atoms with Crippen LogP contribution >= 0.6 is 0 Å². The highest BCUT2D eigenvalue weighted by molar-refractivity contribution is 7.91. The average Bonchev–Trinajstić information content (AvgIpc) is 3.21. The third kappa shape index (κ3) is 7.06. The molecule has 0 unspecified atom stereocenters. The maximum Gasteiger partial charge on any atom is 0.178 e. The monoisotopic (exact) mass is 499 g/mol. The van der Waals surface area contributed by atoms with Gasteiger partial charge in [0.05, 0.1) is 10.6 Å². The SMILES string of the molecule is CCCCCCCCCCCS(=O)(=O)c1ccc2nn(-c3cc(C)cc(C(C)(C)C)c3O)nc2c1. The van der Waals surface area contributed by atoms with Crippen molar-refractivity contribution in [1.82, 2.24) is 15.0 Å². The highest BCUT2D eigenvalue weighted by Crippen LogP contribution is 2.36. The summed E-state index contributed by atoms with van der Waals surface area (Å²) in [7, 11) is -3.38. The molecule has 3 rings (SSSR count). The number of hydrogen-bond acceptors (Lipinski definition) is 5. The Balaban J connectivity index is 1.70. The summed E-state index contributed by atoms with van der Waals surface area (Å²) in [4.78, 5) is 1.68. The summed E-state index contributed by atoms with van der Waals surface area (Å²) in [5.74, 6) is 0.289. The molecule has 7 heteroatoms. The lowest BCUT2D eigenvalue weighted by atomic mass is 9.85. The largest absolute Gasteiger partial charge is 0.505 e. The van der Waals surface area contributed by atoms with Crippen molar-refractivity contribution in [3.05, 3.63) is 41.5 Å². The maximum absolute atomic E-state index is 12.9. The van der Waals surface area contributed by atoms with E-state index in [4.69, 9.17) is 0 Å². The van der Waals surface area contributed by atoms with E-state index in [0.29, 0.717) is 23.1 Å². The van der Waals surface area contributed by atoms with Crippen molar-refractivity contribution in [3.8, 4) is 11.4 Å². The molecule has 1 N–H and O–H groups in total. The average molecular weight is 500 g/mol. The molecule has 0 spiro atoms. The zero-order chi connectivity index (χ0) is 25.6. The van der Waals surface area contributed by atoms with E-state index in [9.17, 15) is 13.5 Å². The predicted molar refractivity (Wildman–Crippen MR) is 143 cm³/mol. The first-order valence-corrected chi connectivity index (χ1v) is 14.6. The van der Waals surface area contributed by atoms with Crippen LogP contribution in [0, 0.1) is 6.92 Å². The van der Waals surface area contributed by atoms with Crippen LogP contribution < -0.4 is 0 Å². The number of aromatic hydroxyl groups is 1. The van der Waals surface area contributed by atoms with Gasteiger partial charge in [-0.2, -0.15) is 0 Å². The molecule has 1 heterocycles. The molecule has 0 aliphatic carbocycles. The summed E-state index contributed by atoms with van der Waals surface area (Å²) in [6.07, 6.45) is 10.3. The zero-order valence-corrected chi connectivity index (χ0v) is 22.8. The van der Waals surface area contributed by atoms with Gasteiger partial charge < -0.3 is 5.11 Å². The van der Waals surface area contributed by atoms with E-state index < -0.39 is 9.84 Å². The lowest BCUT2D eigenvalue weighted by Crippen LogP contribution is -2.13. The fraction of sp³-hybridized carbons (Fsp3) is 0.571. The van der Waals surface area contributed by atoms with Gasteiger partial charge in [-0.3, -0.25) is 0 Å². The minimum atomic E-state index is -3.38. The van der Waals surface area contributed by atoms with E-state index in [2.05, 4.69) is 17.1 Å². The van der Waals surface area contributed by atoms with Crippen LogP contribution in [0.1, 0.15) is 96.6 Å². The van der Waals surface area contributed by atoms with Crippen molar-refractivity contribution in [2.24, 2.45) is 0 Å². The predicted octanol–water partition coefficient (Wildman–Crippen LogP) is 7.04. The summed E-state index contributed by atoms with van der Waals surface area (Å²) in [5.41, 5.74) is 3.14. The molecule has 35 heavy (non-hydrogen) atoms. The van der Waals surface area contributed by atoms with Gasteiger partial charge in [0.25, 0.3) is 0 Å². The quantitative estimate of drug-likeness (QED) is 0.270. The van der Waals surface area contributed by atoms with Crippen LogP contribution in [0.3, 0.4) is 0 Å². The fourth-order valence-corrected chi connectivity index (χ4v) is 5.79. The van der Waals surface area contributed by atoms with Crippen molar-refractivity contribution in [3.63, 3.8) is 0 Å². The summed E-state index contributed by atoms with van der Waals surface area (Å²) in [5, 5.41) is 19.9. The van der Waals surface area contributed by atoms with Crippen LogP contribution in [0.2, 0.25) is 0 Å². The number of rotatable bonds is 12. The minimum absolute atomic E-state index is 0.140. The normalized spacial score (nSPS) is 12.5. The summed E-state index contributed by atoms with van der Waals surface area (Å²) < 4.78 is 25.8. The van der Waals surface area contributed by atoms with Crippen LogP contribution in [0.15, 0.2) is 35.2 Å². The molecular weight excluding hydrogens is 458 g/mol. The number of unbranched alkanes of at least 4 members (excludes halogenated alkanes) is 8. The Labute approximate surface area is 210 Å². The molecule has 1 aromatic heterocycles. The second kappa shape index (κ2) is 11.5. The van der Waals surface area contributed by atoms with Gasteiger partial charge in [-0.1, -0.05) is 85.1 Å². The Morgan fingerprint density at radius 2 is 1.46 bits per heavy atom. The number of aromatic nitrogens is 3. The molecule has 2 aromatic carbocycles. The van der Waals surface area contributed by atoms with Crippen LogP contribution in [0.5, 0.6) is 5.75 Å². The van der Waals surface area contributed by atoms with E-state index in [-0.39, 0.29) is 21.8 Å². The van der Waals surface area contributed by atoms with Gasteiger partial charge in [-0.25, -0.2) is 8.42 Å². The van der Waals surface area contributed by atoms with Crippen molar-refractivity contribution in [2.75, 3.05) is 5.75 Å². The third-order valence-corrected chi connectivity index (χ3v) is 8.28. The lowest BCUT2D eigenvalue weighted by Gasteiger charge is -2.22. The van der Waals surface area contributed by atoms with E-state index in [1.54, 1.807) is 18.2 Å². The van der Waals surface area contributed by atoms with E-state index in [1.165, 1.54) is 43.3 Å². The van der Waals surface area contributed by atoms with Gasteiger partial charge in [-0.15, -0.1) is 15.0 Å². The highest BCUT2D eigenvalue weighted by atomic mass is 32.2. The Morgan fingerprint density at radius 1 is 0.857 bits per heavy atom. The fourth-order valence-electron chi connectivity index (χ4n) is 4.40. The molecule has 0 fully saturated rings. The Kier molecular flexibility index (Phi) is 8.97. The summed E-state index contributed by atoms with van der Waals surface area (Å²) in [6.45, 7) is 10.3. The first-order chi connectivity index (χ1) is 16.5. The van der Waals surface area contributed by atoms with Crippen LogP contribution in [-0.4, -0.2) is 34.3 Å². The zero-order valence-electron chi connectivity index (χ0n) is 22.0. The topological polar surface area (TPSA) is 85.1 Å². The van der Waals surface area contributed by atoms with Gasteiger partial charge in [0, 0.05) is 5.56 Å². The number of benzene rings is 2. The first-order valence-electron chi connectivity index (χ1n) is 13.0. The molecule has 0 aliphatic rings. The third-order valence-electron chi connectivity index (χ3n) is 6.49. The number of sulfone groups is 1. The van der Waals surface area contributed by atoms with Gasteiger partial charge in [0.2, 0.25) is 0 Å². The second-order valence-corrected chi connectivity index (χ2v) is 12.8. The van der Waals surface area contributed by atoms with E-state index in [0.717, 1.165) is 24.0 Å². The summed E-state index contributed by atoms with van der Waals surface area (Å²) in [6, 6.07) is 8.71. The molecule has 0 saturated heterocycles. The molecular formula is C28H41N3O3S. The van der Waals surface area contributed by atoms with Crippen LogP contribution in [-0.2, 0) is 15.3 Å². The molecule has 0 aliphatic heterocycles. The number of phenols is 1. The van der Waals surface area contributed by atoms with Gasteiger partial charge in [-0.05, 0) is 48.6 Å². The molecule has 6 nitrogen and oxygen atoms in total. The molecule has 0 saturated carbocycles. The van der Waals surface area contributed by atoms with Crippen molar-refractivity contribution in [2.45, 2.75) is 103 Å². The van der Waals surface area contributed by atoms with E-state index in [1.807, 2.05) is 39.8 Å². The first kappa shape index (κ1) is 27.2. The summed E-state index contributed by atoms with van der Waals surface area (Å²) >= 11 is 0. The van der Waals surface area contributed by atoms with Gasteiger partial charge in [0.1, 0.15) is 22.5 Å². The van der Waals surface area contributed by atoms with Crippen LogP contribution in [0.25, 0.3) is 16.7 Å². The minimum Gasteiger partial charge on any atom is -0.505 e. The maximum atomic E-state index is 12.9. The van der Waals surface area contributed by atoms with Crippen molar-refractivity contribution in [1.29, 1.82) is 0 Å². The standard InChI is InChI=1S/C28H41N3O3S/c1-6-7-8-9-10-11-12-13-14-17-35(33,34)22-15-16-24-25(20-22)30-31(29-24)26-19-21(2)18-23(27(26)32)28(3,4)5/h15-16,18-20,32H,6-14,17H2,1-5H3. The van der Waals surface area contributed by atoms with Gasteiger partial charge >= 0.3 is 0 Å². The number of phenolic OH excluding ortho intramolecular Hbond substituents is 1. The Bertz CT molecular complexity index is 1240. The van der Waals surface area contributed by atoms with Crippen LogP contribution in [0.4, 0.5) is 0 Å².